The second-order valence-corrected chi connectivity index (χ2v) is 8.81. The zero-order valence-electron chi connectivity index (χ0n) is 17.6. The van der Waals surface area contributed by atoms with Gasteiger partial charge in [-0.05, 0) is 43.4 Å². The summed E-state index contributed by atoms with van der Waals surface area (Å²) in [7, 11) is 0. The summed E-state index contributed by atoms with van der Waals surface area (Å²) in [5.74, 6) is 1.07. The first-order chi connectivity index (χ1) is 12.5. The van der Waals surface area contributed by atoms with Crippen molar-refractivity contribution in [3.63, 3.8) is 0 Å². The second-order valence-electron chi connectivity index (χ2n) is 8.81. The lowest BCUT2D eigenvalue weighted by molar-refractivity contribution is 0.235. The monoisotopic (exact) mass is 360 g/mol. The lowest BCUT2D eigenvalue weighted by atomic mass is 9.85. The van der Waals surface area contributed by atoms with Gasteiger partial charge in [0.15, 0.2) is 0 Å². The molecule has 0 radical (unpaired) electrons. The minimum absolute atomic E-state index is 0.131. The summed E-state index contributed by atoms with van der Waals surface area (Å²) in [6.45, 7) is 15.8. The highest BCUT2D eigenvalue weighted by Gasteiger charge is 2.19. The van der Waals surface area contributed by atoms with Crippen LogP contribution in [0.4, 0.5) is 0 Å². The van der Waals surface area contributed by atoms with Gasteiger partial charge in [-0.15, -0.1) is 0 Å². The molecule has 0 amide bonds. The third-order valence-corrected chi connectivity index (χ3v) is 5.28. The van der Waals surface area contributed by atoms with Gasteiger partial charge in [0.1, 0.15) is 5.75 Å². The van der Waals surface area contributed by atoms with E-state index in [1.807, 2.05) is 0 Å². The van der Waals surface area contributed by atoms with Crippen LogP contribution in [-0.2, 0) is 5.41 Å². The maximum Gasteiger partial charge on any atom is 0.123 e. The van der Waals surface area contributed by atoms with Crippen LogP contribution < -0.4 is 10.1 Å². The van der Waals surface area contributed by atoms with Crippen LogP contribution in [0.3, 0.4) is 0 Å². The van der Waals surface area contributed by atoms with Gasteiger partial charge >= 0.3 is 0 Å². The minimum Gasteiger partial charge on any atom is -0.493 e. The Morgan fingerprint density at radius 1 is 0.962 bits per heavy atom. The van der Waals surface area contributed by atoms with Crippen LogP contribution in [0.1, 0.15) is 70.4 Å². The molecule has 1 aromatic rings. The molecule has 3 heteroatoms. The average molecular weight is 361 g/mol. The van der Waals surface area contributed by atoms with E-state index in [-0.39, 0.29) is 5.41 Å². The minimum atomic E-state index is 0.131. The molecule has 0 aliphatic carbocycles. The van der Waals surface area contributed by atoms with Crippen molar-refractivity contribution in [2.24, 2.45) is 0 Å². The first-order valence-electron chi connectivity index (χ1n) is 10.6. The van der Waals surface area contributed by atoms with Crippen molar-refractivity contribution < 1.29 is 4.74 Å². The van der Waals surface area contributed by atoms with E-state index in [1.54, 1.807) is 0 Å². The number of nitrogens with zero attached hydrogens (tertiary/aromatic N) is 1. The lowest BCUT2D eigenvalue weighted by Crippen LogP contribution is -2.43. The molecule has 1 saturated heterocycles. The molecule has 3 nitrogen and oxygen atoms in total. The Morgan fingerprint density at radius 3 is 2.31 bits per heavy atom. The van der Waals surface area contributed by atoms with Gasteiger partial charge in [-0.2, -0.15) is 0 Å². The number of aryl methyl sites for hydroxylation is 1. The molecule has 1 heterocycles. The van der Waals surface area contributed by atoms with Crippen molar-refractivity contribution in [2.45, 2.75) is 71.6 Å². The highest BCUT2D eigenvalue weighted by molar-refractivity contribution is 5.41. The summed E-state index contributed by atoms with van der Waals surface area (Å²) < 4.78 is 6.11. The number of benzene rings is 1. The predicted molar refractivity (Wildman–Crippen MR) is 112 cm³/mol. The Balaban J connectivity index is 1.54. The molecule has 2 rings (SSSR count). The summed E-state index contributed by atoms with van der Waals surface area (Å²) in [6.07, 6.45) is 7.88. The Bertz CT molecular complexity index is 515. The maximum atomic E-state index is 6.11. The first kappa shape index (κ1) is 21.2. The largest absolute Gasteiger partial charge is 0.493 e. The Morgan fingerprint density at radius 2 is 1.62 bits per heavy atom. The zero-order valence-corrected chi connectivity index (χ0v) is 17.6. The van der Waals surface area contributed by atoms with E-state index in [4.69, 9.17) is 4.74 Å². The van der Waals surface area contributed by atoms with Crippen LogP contribution in [0.5, 0.6) is 5.75 Å². The summed E-state index contributed by atoms with van der Waals surface area (Å²) in [4.78, 5) is 2.60. The molecule has 0 saturated carbocycles. The fraction of sp³-hybridized carbons (Fsp3) is 0.739. The van der Waals surface area contributed by atoms with Crippen LogP contribution >= 0.6 is 0 Å². The first-order valence-corrected chi connectivity index (χ1v) is 10.6. The summed E-state index contributed by atoms with van der Waals surface area (Å²) in [6, 6.07) is 6.57. The maximum absolute atomic E-state index is 6.11. The number of piperazine rings is 1. The fourth-order valence-electron chi connectivity index (χ4n) is 3.62. The Hall–Kier alpha value is -1.06. The van der Waals surface area contributed by atoms with Gasteiger partial charge in [0.25, 0.3) is 0 Å². The summed E-state index contributed by atoms with van der Waals surface area (Å²) >= 11 is 0. The van der Waals surface area contributed by atoms with Crippen LogP contribution in [-0.4, -0.2) is 44.2 Å². The van der Waals surface area contributed by atoms with E-state index < -0.39 is 0 Å². The zero-order chi connectivity index (χ0) is 18.8. The van der Waals surface area contributed by atoms with Crippen molar-refractivity contribution in [1.82, 2.24) is 10.2 Å². The van der Waals surface area contributed by atoms with Crippen LogP contribution in [0.15, 0.2) is 18.2 Å². The normalized spacial score (nSPS) is 16.0. The molecule has 0 bridgehead atoms. The van der Waals surface area contributed by atoms with E-state index in [1.165, 1.54) is 62.9 Å². The van der Waals surface area contributed by atoms with E-state index in [2.05, 4.69) is 56.1 Å². The van der Waals surface area contributed by atoms with Crippen LogP contribution in [0.25, 0.3) is 0 Å². The summed E-state index contributed by atoms with van der Waals surface area (Å²) in [5.41, 5.74) is 2.76. The van der Waals surface area contributed by atoms with Crippen molar-refractivity contribution in [1.29, 1.82) is 0 Å². The Labute approximate surface area is 161 Å². The van der Waals surface area contributed by atoms with Crippen molar-refractivity contribution >= 4 is 0 Å². The summed E-state index contributed by atoms with van der Waals surface area (Å²) in [5, 5.41) is 3.42. The molecule has 0 aromatic heterocycles. The third-order valence-electron chi connectivity index (χ3n) is 5.28. The highest BCUT2D eigenvalue weighted by atomic mass is 16.5. The van der Waals surface area contributed by atoms with Gasteiger partial charge in [0, 0.05) is 26.2 Å². The van der Waals surface area contributed by atoms with Gasteiger partial charge in [0.05, 0.1) is 6.61 Å². The molecule has 1 aromatic carbocycles. The van der Waals surface area contributed by atoms with E-state index >= 15 is 0 Å². The van der Waals surface area contributed by atoms with Crippen LogP contribution in [0, 0.1) is 6.92 Å². The molecule has 26 heavy (non-hydrogen) atoms. The molecule has 148 valence electrons. The van der Waals surface area contributed by atoms with E-state index in [9.17, 15) is 0 Å². The van der Waals surface area contributed by atoms with E-state index in [0.717, 1.165) is 31.9 Å². The number of unbranched alkanes of at least 4 members (excludes halogenated alkanes) is 5. The number of hydrogen-bond donors (Lipinski definition) is 1. The molecule has 1 aliphatic heterocycles. The molecular weight excluding hydrogens is 320 g/mol. The van der Waals surface area contributed by atoms with Gasteiger partial charge in [-0.25, -0.2) is 0 Å². The van der Waals surface area contributed by atoms with Gasteiger partial charge in [-0.3, -0.25) is 0 Å². The second kappa shape index (κ2) is 10.9. The average Bonchev–Trinajstić information content (AvgIpc) is 2.61. The van der Waals surface area contributed by atoms with Crippen molar-refractivity contribution in [3.8, 4) is 5.75 Å². The number of nitrogens with one attached hydrogen (secondary N) is 1. The fourth-order valence-corrected chi connectivity index (χ4v) is 3.62. The van der Waals surface area contributed by atoms with E-state index in [0.29, 0.717) is 0 Å². The molecule has 0 atom stereocenters. The third kappa shape index (κ3) is 7.67. The van der Waals surface area contributed by atoms with Gasteiger partial charge in [-0.1, -0.05) is 64.2 Å². The smallest absolute Gasteiger partial charge is 0.123 e. The van der Waals surface area contributed by atoms with Crippen molar-refractivity contribution in [3.05, 3.63) is 29.3 Å². The number of rotatable bonds is 10. The molecule has 0 unspecified atom stereocenters. The molecular formula is C23H40N2O. The van der Waals surface area contributed by atoms with Gasteiger partial charge < -0.3 is 15.0 Å². The van der Waals surface area contributed by atoms with Gasteiger partial charge in [0.2, 0.25) is 0 Å². The quantitative estimate of drug-likeness (QED) is 0.600. The standard InChI is InChI=1S/C23H40N2O/c1-20-11-12-22(21(19-20)23(2,3)4)26-18-10-8-6-5-7-9-15-25-16-13-24-14-17-25/h11-12,19,24H,5-10,13-18H2,1-4H3. The predicted octanol–water partition coefficient (Wildman–Crippen LogP) is 4.92. The van der Waals surface area contributed by atoms with Crippen LogP contribution in [0.2, 0.25) is 0 Å². The SMILES string of the molecule is Cc1ccc(OCCCCCCCCN2CCNCC2)c(C(C)(C)C)c1. The number of ether oxygens (including phenoxy) is 1. The number of hydrogen-bond acceptors (Lipinski definition) is 3. The molecule has 1 fully saturated rings. The lowest BCUT2D eigenvalue weighted by Gasteiger charge is -2.27. The topological polar surface area (TPSA) is 24.5 Å². The molecule has 1 N–H and O–H groups in total. The highest BCUT2D eigenvalue weighted by Crippen LogP contribution is 2.32. The molecule has 1 aliphatic rings. The van der Waals surface area contributed by atoms with Crippen molar-refractivity contribution in [2.75, 3.05) is 39.3 Å². The Kier molecular flexibility index (Phi) is 8.94. The molecule has 0 spiro atoms.